The number of carbonyl (C=O) groups excluding carboxylic acids is 2. The van der Waals surface area contributed by atoms with E-state index < -0.39 is 11.8 Å². The smallest absolute Gasteiger partial charge is 0.282 e. The lowest BCUT2D eigenvalue weighted by atomic mass is 10.0. The van der Waals surface area contributed by atoms with Crippen LogP contribution in [0.4, 0.5) is 11.4 Å². The van der Waals surface area contributed by atoms with Gasteiger partial charge in [0.1, 0.15) is 11.4 Å². The number of carbonyl (C=O) groups is 2. The molecule has 0 unspecified atom stereocenters. The van der Waals surface area contributed by atoms with Crippen LogP contribution in [-0.4, -0.2) is 18.9 Å². The Morgan fingerprint density at radius 3 is 2.29 bits per heavy atom. The molecular formula is C24H18Cl2N2O3. The van der Waals surface area contributed by atoms with E-state index in [9.17, 15) is 9.59 Å². The molecule has 0 radical (unpaired) electrons. The number of ether oxygens (including phenoxy) is 1. The first-order chi connectivity index (χ1) is 14.9. The van der Waals surface area contributed by atoms with Crippen LogP contribution >= 0.6 is 23.2 Å². The molecule has 1 heterocycles. The van der Waals surface area contributed by atoms with Crippen molar-refractivity contribution < 1.29 is 14.3 Å². The lowest BCUT2D eigenvalue weighted by Crippen LogP contribution is -2.32. The van der Waals surface area contributed by atoms with Crippen molar-refractivity contribution in [2.24, 2.45) is 0 Å². The average molecular weight is 453 g/mol. The first kappa shape index (κ1) is 21.0. The number of hydrogen-bond donors (Lipinski definition) is 1. The molecule has 1 N–H and O–H groups in total. The van der Waals surface area contributed by atoms with Crippen LogP contribution in [-0.2, 0) is 9.59 Å². The lowest BCUT2D eigenvalue weighted by Gasteiger charge is -2.17. The third-order valence-electron chi connectivity index (χ3n) is 4.96. The summed E-state index contributed by atoms with van der Waals surface area (Å²) in [6.07, 6.45) is 0. The number of hydrogen-bond acceptors (Lipinski definition) is 4. The largest absolute Gasteiger partial charge is 0.495 e. The summed E-state index contributed by atoms with van der Waals surface area (Å²) in [5, 5.41) is 3.49. The molecule has 2 amide bonds. The lowest BCUT2D eigenvalue weighted by molar-refractivity contribution is -0.120. The highest BCUT2D eigenvalue weighted by atomic mass is 35.5. The van der Waals surface area contributed by atoms with Crippen LogP contribution in [0.1, 0.15) is 11.1 Å². The Balaban J connectivity index is 1.87. The molecule has 4 rings (SSSR count). The van der Waals surface area contributed by atoms with Crippen LogP contribution in [0.2, 0.25) is 10.0 Å². The average Bonchev–Trinajstić information content (AvgIpc) is 3.01. The summed E-state index contributed by atoms with van der Waals surface area (Å²) in [6.45, 7) is 1.95. The highest BCUT2D eigenvalue weighted by Crippen LogP contribution is 2.40. The molecule has 156 valence electrons. The molecule has 1 aliphatic rings. The molecule has 7 heteroatoms. The molecule has 0 saturated heterocycles. The standard InChI is InChI=1S/C24H18Cl2N2O3/c1-14-10-12-15(13-11-14)20-22(27-17-7-3-4-9-19(17)31-2)24(30)28(23(20)29)18-8-5-6-16(25)21(18)26/h3-13,27H,1-2H3. The van der Waals surface area contributed by atoms with E-state index in [4.69, 9.17) is 27.9 Å². The molecule has 0 atom stereocenters. The Morgan fingerprint density at radius 1 is 0.871 bits per heavy atom. The monoisotopic (exact) mass is 452 g/mol. The van der Waals surface area contributed by atoms with Crippen molar-refractivity contribution in [2.45, 2.75) is 6.92 Å². The molecule has 1 aliphatic heterocycles. The van der Waals surface area contributed by atoms with E-state index >= 15 is 0 Å². The van der Waals surface area contributed by atoms with E-state index in [1.165, 1.54) is 7.11 Å². The van der Waals surface area contributed by atoms with Crippen molar-refractivity contribution in [1.82, 2.24) is 0 Å². The molecule has 3 aromatic rings. The van der Waals surface area contributed by atoms with Crippen molar-refractivity contribution in [3.8, 4) is 5.75 Å². The topological polar surface area (TPSA) is 58.6 Å². The Labute approximate surface area is 189 Å². The third-order valence-corrected chi connectivity index (χ3v) is 5.77. The number of methoxy groups -OCH3 is 1. The molecule has 3 aromatic carbocycles. The maximum atomic E-state index is 13.5. The van der Waals surface area contributed by atoms with Gasteiger partial charge in [-0.1, -0.05) is 71.2 Å². The fourth-order valence-corrected chi connectivity index (χ4v) is 3.78. The van der Waals surface area contributed by atoms with Gasteiger partial charge in [-0.3, -0.25) is 9.59 Å². The van der Waals surface area contributed by atoms with E-state index in [-0.39, 0.29) is 27.0 Å². The zero-order valence-corrected chi connectivity index (χ0v) is 18.3. The van der Waals surface area contributed by atoms with Crippen molar-refractivity contribution in [2.75, 3.05) is 17.3 Å². The van der Waals surface area contributed by atoms with Crippen molar-refractivity contribution in [3.63, 3.8) is 0 Å². The fraction of sp³-hybridized carbons (Fsp3) is 0.0833. The minimum absolute atomic E-state index is 0.132. The van der Waals surface area contributed by atoms with Gasteiger partial charge in [0.15, 0.2) is 0 Å². The van der Waals surface area contributed by atoms with Gasteiger partial charge in [0.25, 0.3) is 11.8 Å². The number of nitrogens with zero attached hydrogens (tertiary/aromatic N) is 1. The quantitative estimate of drug-likeness (QED) is 0.503. The molecule has 0 aromatic heterocycles. The van der Waals surface area contributed by atoms with Gasteiger partial charge in [-0.25, -0.2) is 4.90 Å². The third kappa shape index (κ3) is 3.78. The van der Waals surface area contributed by atoms with E-state index in [1.807, 2.05) is 43.3 Å². The van der Waals surface area contributed by atoms with Gasteiger partial charge >= 0.3 is 0 Å². The summed E-state index contributed by atoms with van der Waals surface area (Å²) in [6, 6.07) is 19.4. The summed E-state index contributed by atoms with van der Waals surface area (Å²) >= 11 is 12.5. The van der Waals surface area contributed by atoms with Gasteiger partial charge < -0.3 is 10.1 Å². The van der Waals surface area contributed by atoms with Crippen LogP contribution in [0.25, 0.3) is 5.57 Å². The Hall–Kier alpha value is -3.28. The first-order valence-corrected chi connectivity index (χ1v) is 10.2. The summed E-state index contributed by atoms with van der Waals surface area (Å²) in [7, 11) is 1.54. The molecule has 5 nitrogen and oxygen atoms in total. The number of imide groups is 1. The first-order valence-electron chi connectivity index (χ1n) is 9.46. The number of aryl methyl sites for hydroxylation is 1. The maximum Gasteiger partial charge on any atom is 0.282 e. The summed E-state index contributed by atoms with van der Waals surface area (Å²) < 4.78 is 5.39. The van der Waals surface area contributed by atoms with Gasteiger partial charge in [-0.15, -0.1) is 0 Å². The van der Waals surface area contributed by atoms with Crippen LogP contribution in [0.3, 0.4) is 0 Å². The summed E-state index contributed by atoms with van der Waals surface area (Å²) in [4.78, 5) is 28.0. The van der Waals surface area contributed by atoms with E-state index in [2.05, 4.69) is 5.32 Å². The van der Waals surface area contributed by atoms with Crippen LogP contribution in [0.5, 0.6) is 5.75 Å². The zero-order chi connectivity index (χ0) is 22.1. The van der Waals surface area contributed by atoms with Crippen LogP contribution < -0.4 is 15.0 Å². The number of para-hydroxylation sites is 2. The highest BCUT2D eigenvalue weighted by molar-refractivity contribution is 6.50. The van der Waals surface area contributed by atoms with Gasteiger partial charge in [-0.05, 0) is 36.8 Å². The van der Waals surface area contributed by atoms with Gasteiger partial charge in [0.2, 0.25) is 0 Å². The Kier molecular flexibility index (Phi) is 5.72. The molecule has 31 heavy (non-hydrogen) atoms. The zero-order valence-electron chi connectivity index (χ0n) is 16.8. The van der Waals surface area contributed by atoms with E-state index in [0.29, 0.717) is 17.0 Å². The fourth-order valence-electron chi connectivity index (χ4n) is 3.40. The normalized spacial score (nSPS) is 13.7. The van der Waals surface area contributed by atoms with E-state index in [1.54, 1.807) is 30.3 Å². The molecule has 0 bridgehead atoms. The predicted octanol–water partition coefficient (Wildman–Crippen LogP) is 5.71. The number of nitrogens with one attached hydrogen (secondary N) is 1. The number of benzene rings is 3. The maximum absolute atomic E-state index is 13.5. The number of amides is 2. The van der Waals surface area contributed by atoms with Crippen molar-refractivity contribution >= 4 is 52.0 Å². The SMILES string of the molecule is COc1ccccc1NC1=C(c2ccc(C)cc2)C(=O)N(c2cccc(Cl)c2Cl)C1=O. The Morgan fingerprint density at radius 2 is 1.58 bits per heavy atom. The molecule has 0 saturated carbocycles. The van der Waals surface area contributed by atoms with Gasteiger partial charge in [0.05, 0.1) is 34.1 Å². The molecule has 0 spiro atoms. The van der Waals surface area contributed by atoms with Crippen LogP contribution in [0.15, 0.2) is 72.4 Å². The number of anilines is 2. The van der Waals surface area contributed by atoms with Crippen molar-refractivity contribution in [1.29, 1.82) is 0 Å². The second-order valence-corrected chi connectivity index (χ2v) is 7.75. The van der Waals surface area contributed by atoms with Gasteiger partial charge in [0, 0.05) is 0 Å². The molecule has 0 fully saturated rings. The second kappa shape index (κ2) is 8.46. The summed E-state index contributed by atoms with van der Waals surface area (Å²) in [5.41, 5.74) is 2.81. The second-order valence-electron chi connectivity index (χ2n) is 6.96. The molecular weight excluding hydrogens is 435 g/mol. The van der Waals surface area contributed by atoms with Crippen LogP contribution in [0, 0.1) is 6.92 Å². The minimum atomic E-state index is -0.532. The molecule has 0 aliphatic carbocycles. The number of halogens is 2. The minimum Gasteiger partial charge on any atom is -0.495 e. The predicted molar refractivity (Wildman–Crippen MR) is 124 cm³/mol. The van der Waals surface area contributed by atoms with E-state index in [0.717, 1.165) is 10.5 Å². The van der Waals surface area contributed by atoms with Crippen molar-refractivity contribution in [3.05, 3.63) is 93.6 Å². The number of rotatable bonds is 5. The summed E-state index contributed by atoms with van der Waals surface area (Å²) in [5.74, 6) is -0.483. The Bertz CT molecular complexity index is 1220. The van der Waals surface area contributed by atoms with Gasteiger partial charge in [-0.2, -0.15) is 0 Å². The highest BCUT2D eigenvalue weighted by Gasteiger charge is 2.41.